The molecule has 1 aromatic rings. The number of ketones is 1. The average molecular weight is 263 g/mol. The Balaban J connectivity index is 2.57. The quantitative estimate of drug-likeness (QED) is 0.757. The Morgan fingerprint density at radius 3 is 2.36 bits per heavy atom. The van der Waals surface area contributed by atoms with E-state index >= 15 is 0 Å². The highest BCUT2D eigenvalue weighted by molar-refractivity contribution is 9.10. The van der Waals surface area contributed by atoms with E-state index < -0.39 is 6.43 Å². The fourth-order valence-corrected chi connectivity index (χ4v) is 1.28. The lowest BCUT2D eigenvalue weighted by atomic mass is 10.1. The molecule has 0 aliphatic rings. The molecular weight excluding hydrogens is 254 g/mol. The molecule has 1 rings (SSSR count). The van der Waals surface area contributed by atoms with Gasteiger partial charge in [-0.2, -0.15) is 0 Å². The molecule has 0 heterocycles. The molecular formula is C10H9BrF2O. The van der Waals surface area contributed by atoms with Crippen LogP contribution in [0.1, 0.15) is 23.2 Å². The van der Waals surface area contributed by atoms with E-state index in [-0.39, 0.29) is 18.6 Å². The fraction of sp³-hybridized carbons (Fsp3) is 0.300. The van der Waals surface area contributed by atoms with Crippen LogP contribution in [0.4, 0.5) is 8.78 Å². The van der Waals surface area contributed by atoms with Gasteiger partial charge in [-0.15, -0.1) is 0 Å². The molecule has 0 saturated carbocycles. The van der Waals surface area contributed by atoms with Crippen molar-refractivity contribution in [1.82, 2.24) is 0 Å². The van der Waals surface area contributed by atoms with E-state index in [4.69, 9.17) is 0 Å². The van der Waals surface area contributed by atoms with Crippen LogP contribution in [0, 0.1) is 0 Å². The van der Waals surface area contributed by atoms with Gasteiger partial charge < -0.3 is 0 Å². The molecule has 0 unspecified atom stereocenters. The molecule has 4 heteroatoms. The Morgan fingerprint density at radius 1 is 1.29 bits per heavy atom. The standard InChI is InChI=1S/C10H9BrF2O/c11-8-3-1-7(2-4-8)9(14)5-6-10(12)13/h1-4,10H,5-6H2. The lowest BCUT2D eigenvalue weighted by Gasteiger charge is -2.00. The van der Waals surface area contributed by atoms with Crippen LogP contribution in [0.5, 0.6) is 0 Å². The summed E-state index contributed by atoms with van der Waals surface area (Å²) in [5.41, 5.74) is 0.480. The Hall–Kier alpha value is -0.770. The molecule has 0 aromatic heterocycles. The van der Waals surface area contributed by atoms with Gasteiger partial charge >= 0.3 is 0 Å². The first-order valence-corrected chi connectivity index (χ1v) is 4.96. The van der Waals surface area contributed by atoms with Crippen LogP contribution in [0.15, 0.2) is 28.7 Å². The van der Waals surface area contributed by atoms with Crippen molar-refractivity contribution < 1.29 is 13.6 Å². The summed E-state index contributed by atoms with van der Waals surface area (Å²) in [4.78, 5) is 11.3. The first kappa shape index (κ1) is 11.3. The average Bonchev–Trinajstić information content (AvgIpc) is 2.15. The molecule has 0 atom stereocenters. The molecule has 1 nitrogen and oxygen atoms in total. The number of hydrogen-bond acceptors (Lipinski definition) is 1. The Kier molecular flexibility index (Phi) is 4.20. The second-order valence-electron chi connectivity index (χ2n) is 2.86. The maximum Gasteiger partial charge on any atom is 0.239 e. The fourth-order valence-electron chi connectivity index (χ4n) is 1.02. The summed E-state index contributed by atoms with van der Waals surface area (Å²) in [6.07, 6.45) is -2.87. The van der Waals surface area contributed by atoms with Gasteiger partial charge in [0.2, 0.25) is 6.43 Å². The Morgan fingerprint density at radius 2 is 1.86 bits per heavy atom. The van der Waals surface area contributed by atoms with Gasteiger partial charge in [0.25, 0.3) is 0 Å². The maximum atomic E-state index is 11.8. The number of Topliss-reactive ketones (excluding diaryl/α,β-unsaturated/α-hetero) is 1. The molecule has 0 radical (unpaired) electrons. The molecule has 0 spiro atoms. The van der Waals surface area contributed by atoms with Crippen molar-refractivity contribution >= 4 is 21.7 Å². The van der Waals surface area contributed by atoms with E-state index in [0.29, 0.717) is 5.56 Å². The number of rotatable bonds is 4. The van der Waals surface area contributed by atoms with E-state index in [1.54, 1.807) is 24.3 Å². The predicted octanol–water partition coefficient (Wildman–Crippen LogP) is 3.68. The molecule has 0 aliphatic heterocycles. The molecule has 76 valence electrons. The molecule has 0 N–H and O–H groups in total. The second kappa shape index (κ2) is 5.20. The summed E-state index contributed by atoms with van der Waals surface area (Å²) >= 11 is 3.23. The number of benzene rings is 1. The van der Waals surface area contributed by atoms with Crippen molar-refractivity contribution in [2.45, 2.75) is 19.3 Å². The van der Waals surface area contributed by atoms with E-state index in [0.717, 1.165) is 4.47 Å². The molecule has 0 aliphatic carbocycles. The van der Waals surface area contributed by atoms with Gasteiger partial charge in [-0.25, -0.2) is 8.78 Å². The van der Waals surface area contributed by atoms with Crippen molar-refractivity contribution in [3.8, 4) is 0 Å². The lowest BCUT2D eigenvalue weighted by molar-refractivity contribution is 0.0909. The summed E-state index contributed by atoms with van der Waals surface area (Å²) in [7, 11) is 0. The minimum Gasteiger partial charge on any atom is -0.294 e. The zero-order valence-electron chi connectivity index (χ0n) is 7.34. The zero-order chi connectivity index (χ0) is 10.6. The highest BCUT2D eigenvalue weighted by Gasteiger charge is 2.09. The molecule has 0 fully saturated rings. The van der Waals surface area contributed by atoms with Gasteiger partial charge in [0.1, 0.15) is 0 Å². The number of hydrogen-bond donors (Lipinski definition) is 0. The summed E-state index contributed by atoms with van der Waals surface area (Å²) in [5.74, 6) is -0.238. The van der Waals surface area contributed by atoms with Gasteiger partial charge in [-0.05, 0) is 12.1 Å². The predicted molar refractivity (Wildman–Crippen MR) is 53.7 cm³/mol. The minimum atomic E-state index is -2.41. The lowest BCUT2D eigenvalue weighted by Crippen LogP contribution is -2.01. The number of carbonyl (C=O) groups excluding carboxylic acids is 1. The SMILES string of the molecule is O=C(CCC(F)F)c1ccc(Br)cc1. The van der Waals surface area contributed by atoms with Crippen LogP contribution in [-0.2, 0) is 0 Å². The number of carbonyl (C=O) groups is 1. The summed E-state index contributed by atoms with van der Waals surface area (Å²) in [6.45, 7) is 0. The van der Waals surface area contributed by atoms with Gasteiger partial charge in [0.05, 0.1) is 0 Å². The molecule has 0 amide bonds. The first-order valence-electron chi connectivity index (χ1n) is 4.16. The number of halogens is 3. The van der Waals surface area contributed by atoms with Crippen LogP contribution in [0.2, 0.25) is 0 Å². The van der Waals surface area contributed by atoms with Crippen molar-refractivity contribution in [2.75, 3.05) is 0 Å². The molecule has 0 bridgehead atoms. The van der Waals surface area contributed by atoms with Crippen LogP contribution < -0.4 is 0 Å². The Labute approximate surface area is 89.3 Å². The summed E-state index contributed by atoms with van der Waals surface area (Å²) in [6, 6.07) is 6.68. The zero-order valence-corrected chi connectivity index (χ0v) is 8.93. The van der Waals surface area contributed by atoms with E-state index in [2.05, 4.69) is 15.9 Å². The Bertz CT molecular complexity index is 308. The van der Waals surface area contributed by atoms with Crippen molar-refractivity contribution in [3.63, 3.8) is 0 Å². The minimum absolute atomic E-state index is 0.0979. The van der Waals surface area contributed by atoms with E-state index in [1.807, 2.05) is 0 Å². The third-order valence-corrected chi connectivity index (χ3v) is 2.28. The molecule has 0 saturated heterocycles. The first-order chi connectivity index (χ1) is 6.59. The van der Waals surface area contributed by atoms with Crippen molar-refractivity contribution in [1.29, 1.82) is 0 Å². The van der Waals surface area contributed by atoms with Crippen LogP contribution in [0.25, 0.3) is 0 Å². The van der Waals surface area contributed by atoms with Crippen LogP contribution in [-0.4, -0.2) is 12.2 Å². The monoisotopic (exact) mass is 262 g/mol. The largest absolute Gasteiger partial charge is 0.294 e. The van der Waals surface area contributed by atoms with E-state index in [9.17, 15) is 13.6 Å². The van der Waals surface area contributed by atoms with Crippen molar-refractivity contribution in [2.24, 2.45) is 0 Å². The molecule has 14 heavy (non-hydrogen) atoms. The third-order valence-electron chi connectivity index (χ3n) is 1.76. The highest BCUT2D eigenvalue weighted by Crippen LogP contribution is 2.13. The van der Waals surface area contributed by atoms with Gasteiger partial charge in [-0.3, -0.25) is 4.79 Å². The highest BCUT2D eigenvalue weighted by atomic mass is 79.9. The number of alkyl halides is 2. The summed E-state index contributed by atoms with van der Waals surface area (Å²) < 4.78 is 24.5. The van der Waals surface area contributed by atoms with Crippen LogP contribution in [0.3, 0.4) is 0 Å². The van der Waals surface area contributed by atoms with Crippen molar-refractivity contribution in [3.05, 3.63) is 34.3 Å². The summed E-state index contributed by atoms with van der Waals surface area (Å²) in [5, 5.41) is 0. The van der Waals surface area contributed by atoms with Gasteiger partial charge in [-0.1, -0.05) is 28.1 Å². The topological polar surface area (TPSA) is 17.1 Å². The van der Waals surface area contributed by atoms with Crippen LogP contribution >= 0.6 is 15.9 Å². The van der Waals surface area contributed by atoms with Gasteiger partial charge in [0.15, 0.2) is 5.78 Å². The maximum absolute atomic E-state index is 11.8. The van der Waals surface area contributed by atoms with E-state index in [1.165, 1.54) is 0 Å². The third kappa shape index (κ3) is 3.54. The second-order valence-corrected chi connectivity index (χ2v) is 3.78. The van der Waals surface area contributed by atoms with Gasteiger partial charge in [0, 0.05) is 22.9 Å². The smallest absolute Gasteiger partial charge is 0.239 e. The normalized spacial score (nSPS) is 10.6. The molecule has 1 aromatic carbocycles.